The van der Waals surface area contributed by atoms with E-state index in [1.807, 2.05) is 12.1 Å². The molecule has 0 radical (unpaired) electrons. The van der Waals surface area contributed by atoms with Gasteiger partial charge in [-0.2, -0.15) is 0 Å². The summed E-state index contributed by atoms with van der Waals surface area (Å²) in [6.07, 6.45) is 0. The van der Waals surface area contributed by atoms with Crippen LogP contribution in [-0.2, 0) is 11.3 Å². The number of methoxy groups -OCH3 is 3. The maximum absolute atomic E-state index is 5.49. The van der Waals surface area contributed by atoms with Crippen molar-refractivity contribution in [3.8, 4) is 17.2 Å². The van der Waals surface area contributed by atoms with Gasteiger partial charge in [0.25, 0.3) is 0 Å². The summed E-state index contributed by atoms with van der Waals surface area (Å²) in [6.45, 7) is 5.10. The van der Waals surface area contributed by atoms with Crippen LogP contribution in [-0.4, -0.2) is 34.2 Å². The van der Waals surface area contributed by atoms with Gasteiger partial charge in [0.1, 0.15) is 0 Å². The Labute approximate surface area is 114 Å². The Bertz CT molecular complexity index is 368. The van der Waals surface area contributed by atoms with Gasteiger partial charge in [-0.05, 0) is 17.7 Å². The molecule has 0 amide bonds. The third-order valence-electron chi connectivity index (χ3n) is 2.56. The van der Waals surface area contributed by atoms with Gasteiger partial charge in [-0.3, -0.25) is 0 Å². The SMILES string of the molecule is COCOc1c(OC)cc(CNC(C)C)cc1OC. The van der Waals surface area contributed by atoms with E-state index in [4.69, 9.17) is 18.9 Å². The molecule has 108 valence electrons. The molecule has 0 aromatic heterocycles. The van der Waals surface area contributed by atoms with E-state index >= 15 is 0 Å². The highest BCUT2D eigenvalue weighted by molar-refractivity contribution is 5.53. The van der Waals surface area contributed by atoms with Crippen LogP contribution in [0, 0.1) is 0 Å². The molecule has 0 heterocycles. The zero-order valence-corrected chi connectivity index (χ0v) is 12.3. The van der Waals surface area contributed by atoms with Gasteiger partial charge in [-0.15, -0.1) is 0 Å². The Kier molecular flexibility index (Phi) is 6.45. The van der Waals surface area contributed by atoms with Crippen molar-refractivity contribution >= 4 is 0 Å². The number of rotatable bonds is 8. The van der Waals surface area contributed by atoms with Crippen LogP contribution in [0.5, 0.6) is 17.2 Å². The van der Waals surface area contributed by atoms with E-state index in [1.165, 1.54) is 0 Å². The number of hydrogen-bond acceptors (Lipinski definition) is 5. The zero-order chi connectivity index (χ0) is 14.3. The highest BCUT2D eigenvalue weighted by Gasteiger charge is 2.14. The van der Waals surface area contributed by atoms with Gasteiger partial charge < -0.3 is 24.3 Å². The van der Waals surface area contributed by atoms with E-state index < -0.39 is 0 Å². The molecule has 0 saturated carbocycles. The molecule has 1 aromatic rings. The average molecular weight is 269 g/mol. The first-order valence-corrected chi connectivity index (χ1v) is 6.22. The number of hydrogen-bond donors (Lipinski definition) is 1. The quantitative estimate of drug-likeness (QED) is 0.733. The second kappa shape index (κ2) is 7.86. The van der Waals surface area contributed by atoms with Crippen molar-refractivity contribution in [1.82, 2.24) is 5.32 Å². The van der Waals surface area contributed by atoms with Crippen LogP contribution < -0.4 is 19.5 Å². The lowest BCUT2D eigenvalue weighted by Gasteiger charge is -2.16. The van der Waals surface area contributed by atoms with Gasteiger partial charge in [0.05, 0.1) is 14.2 Å². The van der Waals surface area contributed by atoms with Crippen LogP contribution in [0.1, 0.15) is 19.4 Å². The number of nitrogens with one attached hydrogen (secondary N) is 1. The maximum Gasteiger partial charge on any atom is 0.206 e. The van der Waals surface area contributed by atoms with Gasteiger partial charge in [0.15, 0.2) is 18.3 Å². The van der Waals surface area contributed by atoms with Crippen molar-refractivity contribution in [3.05, 3.63) is 17.7 Å². The molecule has 0 fully saturated rings. The van der Waals surface area contributed by atoms with Crippen molar-refractivity contribution in [1.29, 1.82) is 0 Å². The molecule has 19 heavy (non-hydrogen) atoms. The maximum atomic E-state index is 5.49. The number of benzene rings is 1. The van der Waals surface area contributed by atoms with E-state index in [1.54, 1.807) is 21.3 Å². The Balaban J connectivity index is 2.98. The summed E-state index contributed by atoms with van der Waals surface area (Å²) in [7, 11) is 4.78. The van der Waals surface area contributed by atoms with Gasteiger partial charge in [0.2, 0.25) is 5.75 Å². The molecule has 0 aliphatic carbocycles. The van der Waals surface area contributed by atoms with Gasteiger partial charge in [-0.1, -0.05) is 13.8 Å². The molecule has 0 unspecified atom stereocenters. The smallest absolute Gasteiger partial charge is 0.206 e. The minimum atomic E-state index is 0.149. The molecule has 0 saturated heterocycles. The normalized spacial score (nSPS) is 10.6. The summed E-state index contributed by atoms with van der Waals surface area (Å²) in [4.78, 5) is 0. The van der Waals surface area contributed by atoms with Crippen LogP contribution in [0.15, 0.2) is 12.1 Å². The van der Waals surface area contributed by atoms with Crippen LogP contribution in [0.4, 0.5) is 0 Å². The van der Waals surface area contributed by atoms with Crippen LogP contribution in [0.25, 0.3) is 0 Å². The highest BCUT2D eigenvalue weighted by atomic mass is 16.7. The second-order valence-electron chi connectivity index (χ2n) is 4.42. The van der Waals surface area contributed by atoms with Crippen LogP contribution >= 0.6 is 0 Å². The molecule has 5 nitrogen and oxygen atoms in total. The fourth-order valence-corrected chi connectivity index (χ4v) is 1.62. The standard InChI is InChI=1S/C14H23NO4/c1-10(2)15-8-11-6-12(17-4)14(19-9-16-3)13(7-11)18-5/h6-7,10,15H,8-9H2,1-5H3. The van der Waals surface area contributed by atoms with Crippen LogP contribution in [0.2, 0.25) is 0 Å². The minimum absolute atomic E-state index is 0.149. The molecule has 1 rings (SSSR count). The van der Waals surface area contributed by atoms with E-state index in [-0.39, 0.29) is 6.79 Å². The molecular formula is C14H23NO4. The Morgan fingerprint density at radius 2 is 1.63 bits per heavy atom. The molecule has 1 aromatic carbocycles. The molecule has 5 heteroatoms. The largest absolute Gasteiger partial charge is 0.493 e. The summed E-state index contributed by atoms with van der Waals surface area (Å²) >= 11 is 0. The lowest BCUT2D eigenvalue weighted by molar-refractivity contribution is 0.0471. The third kappa shape index (κ3) is 4.61. The first-order valence-electron chi connectivity index (χ1n) is 6.22. The van der Waals surface area contributed by atoms with Crippen LogP contribution in [0.3, 0.4) is 0 Å². The molecule has 0 spiro atoms. The molecular weight excluding hydrogens is 246 g/mol. The number of ether oxygens (including phenoxy) is 4. The summed E-state index contributed by atoms with van der Waals surface area (Å²) in [5.41, 5.74) is 1.08. The predicted molar refractivity (Wildman–Crippen MR) is 74.0 cm³/mol. The van der Waals surface area contributed by atoms with Gasteiger partial charge in [-0.25, -0.2) is 0 Å². The zero-order valence-electron chi connectivity index (χ0n) is 12.3. The van der Waals surface area contributed by atoms with E-state index in [2.05, 4.69) is 19.2 Å². The Hall–Kier alpha value is -1.46. The van der Waals surface area contributed by atoms with Crippen molar-refractivity contribution in [2.75, 3.05) is 28.1 Å². The fourth-order valence-electron chi connectivity index (χ4n) is 1.62. The van der Waals surface area contributed by atoms with E-state index in [0.29, 0.717) is 23.3 Å². The van der Waals surface area contributed by atoms with Crippen molar-refractivity contribution in [2.24, 2.45) is 0 Å². The summed E-state index contributed by atoms with van der Waals surface area (Å²) < 4.78 is 21.1. The molecule has 1 N–H and O–H groups in total. The average Bonchev–Trinajstić information content (AvgIpc) is 2.42. The minimum Gasteiger partial charge on any atom is -0.493 e. The first kappa shape index (κ1) is 15.6. The Morgan fingerprint density at radius 1 is 1.05 bits per heavy atom. The van der Waals surface area contributed by atoms with E-state index in [9.17, 15) is 0 Å². The molecule has 0 atom stereocenters. The van der Waals surface area contributed by atoms with E-state index in [0.717, 1.165) is 12.1 Å². The molecule has 0 aliphatic rings. The fraction of sp³-hybridized carbons (Fsp3) is 0.571. The summed E-state index contributed by atoms with van der Waals surface area (Å²) in [6, 6.07) is 4.28. The topological polar surface area (TPSA) is 49.0 Å². The second-order valence-corrected chi connectivity index (χ2v) is 4.42. The first-order chi connectivity index (χ1) is 9.12. The van der Waals surface area contributed by atoms with Crippen molar-refractivity contribution in [2.45, 2.75) is 26.4 Å². The van der Waals surface area contributed by atoms with Crippen molar-refractivity contribution in [3.63, 3.8) is 0 Å². The lowest BCUT2D eigenvalue weighted by Crippen LogP contribution is -2.21. The molecule has 0 aliphatic heterocycles. The van der Waals surface area contributed by atoms with Gasteiger partial charge >= 0.3 is 0 Å². The summed E-state index contributed by atoms with van der Waals surface area (Å²) in [5.74, 6) is 1.83. The predicted octanol–water partition coefficient (Wildman–Crippen LogP) is 2.18. The summed E-state index contributed by atoms with van der Waals surface area (Å²) in [5, 5.41) is 3.35. The Morgan fingerprint density at radius 3 is 2.05 bits per heavy atom. The highest BCUT2D eigenvalue weighted by Crippen LogP contribution is 2.38. The monoisotopic (exact) mass is 269 g/mol. The molecule has 0 bridgehead atoms. The van der Waals surface area contributed by atoms with Gasteiger partial charge in [0, 0.05) is 19.7 Å². The van der Waals surface area contributed by atoms with Crippen molar-refractivity contribution < 1.29 is 18.9 Å². The third-order valence-corrected chi connectivity index (χ3v) is 2.56. The lowest BCUT2D eigenvalue weighted by atomic mass is 10.1.